The zero-order valence-corrected chi connectivity index (χ0v) is 10.2. The van der Waals surface area contributed by atoms with Gasteiger partial charge in [0.15, 0.2) is 0 Å². The molecule has 0 spiro atoms. The summed E-state index contributed by atoms with van der Waals surface area (Å²) in [6.45, 7) is 6.71. The molecule has 0 amide bonds. The fourth-order valence-electron chi connectivity index (χ4n) is 2.63. The lowest BCUT2D eigenvalue weighted by atomic mass is 9.97. The molecule has 1 saturated carbocycles. The van der Waals surface area contributed by atoms with Gasteiger partial charge in [-0.05, 0) is 44.7 Å². The van der Waals surface area contributed by atoms with Crippen LogP contribution in [0.5, 0.6) is 0 Å². The monoisotopic (exact) mass is 203 g/mol. The number of benzene rings is 1. The Labute approximate surface area is 92.9 Å². The molecule has 1 nitrogen and oxygen atoms in total. The van der Waals surface area contributed by atoms with Crippen LogP contribution >= 0.6 is 0 Å². The minimum atomic E-state index is 0.554. The van der Waals surface area contributed by atoms with Gasteiger partial charge in [-0.15, -0.1) is 0 Å². The topological polar surface area (TPSA) is 12.0 Å². The van der Waals surface area contributed by atoms with Crippen LogP contribution in [-0.2, 0) is 0 Å². The minimum Gasteiger partial charge on any atom is -0.313 e. The molecular formula is C14H21N. The first-order valence-electron chi connectivity index (χ1n) is 5.87. The largest absolute Gasteiger partial charge is 0.313 e. The fraction of sp³-hybridized carbons (Fsp3) is 0.571. The van der Waals surface area contributed by atoms with E-state index in [9.17, 15) is 0 Å². The molecule has 0 aliphatic heterocycles. The smallest absolute Gasteiger partial charge is 0.0349 e. The van der Waals surface area contributed by atoms with Crippen LogP contribution in [0.1, 0.15) is 36.1 Å². The van der Waals surface area contributed by atoms with Crippen molar-refractivity contribution in [2.45, 2.75) is 33.2 Å². The van der Waals surface area contributed by atoms with Crippen LogP contribution in [0.4, 0.5) is 0 Å². The SMILES string of the molecule is CNC(c1cc(C)cc(C)c1)C1CC1C. The van der Waals surface area contributed by atoms with E-state index in [4.69, 9.17) is 0 Å². The molecule has 0 aromatic heterocycles. The maximum absolute atomic E-state index is 3.47. The Bertz CT molecular complexity index is 336. The van der Waals surface area contributed by atoms with Gasteiger partial charge in [-0.1, -0.05) is 36.2 Å². The van der Waals surface area contributed by atoms with Crippen LogP contribution in [0.25, 0.3) is 0 Å². The molecule has 0 heterocycles. The van der Waals surface area contributed by atoms with Gasteiger partial charge in [0.1, 0.15) is 0 Å². The molecule has 0 bridgehead atoms. The fourth-order valence-corrected chi connectivity index (χ4v) is 2.63. The van der Waals surface area contributed by atoms with Crippen LogP contribution in [0.3, 0.4) is 0 Å². The summed E-state index contributed by atoms with van der Waals surface area (Å²) in [4.78, 5) is 0. The summed E-state index contributed by atoms with van der Waals surface area (Å²) >= 11 is 0. The second-order valence-electron chi connectivity index (χ2n) is 5.06. The quantitative estimate of drug-likeness (QED) is 0.795. The van der Waals surface area contributed by atoms with E-state index in [0.717, 1.165) is 11.8 Å². The van der Waals surface area contributed by atoms with Crippen molar-refractivity contribution in [3.8, 4) is 0 Å². The maximum Gasteiger partial charge on any atom is 0.0349 e. The molecule has 15 heavy (non-hydrogen) atoms. The minimum absolute atomic E-state index is 0.554. The zero-order chi connectivity index (χ0) is 11.0. The molecule has 1 fully saturated rings. The second kappa shape index (κ2) is 3.97. The Morgan fingerprint density at radius 2 is 1.73 bits per heavy atom. The van der Waals surface area contributed by atoms with Gasteiger partial charge in [-0.25, -0.2) is 0 Å². The van der Waals surface area contributed by atoms with Crippen molar-refractivity contribution in [1.29, 1.82) is 0 Å². The first-order chi connectivity index (χ1) is 7.11. The Morgan fingerprint density at radius 3 is 2.13 bits per heavy atom. The summed E-state index contributed by atoms with van der Waals surface area (Å²) < 4.78 is 0. The molecule has 1 aromatic carbocycles. The van der Waals surface area contributed by atoms with Crippen LogP contribution in [0.15, 0.2) is 18.2 Å². The predicted molar refractivity (Wildman–Crippen MR) is 65.0 cm³/mol. The van der Waals surface area contributed by atoms with Gasteiger partial charge >= 0.3 is 0 Å². The highest BCUT2D eigenvalue weighted by atomic mass is 14.9. The average Bonchev–Trinajstić information content (AvgIpc) is 2.82. The van der Waals surface area contributed by atoms with Crippen molar-refractivity contribution in [2.75, 3.05) is 7.05 Å². The van der Waals surface area contributed by atoms with Gasteiger partial charge < -0.3 is 5.32 Å². The second-order valence-corrected chi connectivity index (χ2v) is 5.06. The van der Waals surface area contributed by atoms with Crippen LogP contribution in [-0.4, -0.2) is 7.05 Å². The van der Waals surface area contributed by atoms with Gasteiger partial charge in [0.25, 0.3) is 0 Å². The van der Waals surface area contributed by atoms with Crippen LogP contribution in [0, 0.1) is 25.7 Å². The number of nitrogens with one attached hydrogen (secondary N) is 1. The highest BCUT2D eigenvalue weighted by molar-refractivity contribution is 5.31. The summed E-state index contributed by atoms with van der Waals surface area (Å²) in [6.07, 6.45) is 1.37. The van der Waals surface area contributed by atoms with Crippen molar-refractivity contribution < 1.29 is 0 Å². The van der Waals surface area contributed by atoms with Crippen molar-refractivity contribution in [3.63, 3.8) is 0 Å². The van der Waals surface area contributed by atoms with Gasteiger partial charge in [-0.2, -0.15) is 0 Å². The standard InChI is InChI=1S/C14H21N/c1-9-5-10(2)7-12(6-9)14(15-4)13-8-11(13)3/h5-7,11,13-15H,8H2,1-4H3. The molecule has 1 aliphatic carbocycles. The van der Waals surface area contributed by atoms with E-state index in [1.807, 2.05) is 0 Å². The van der Waals surface area contributed by atoms with Crippen molar-refractivity contribution >= 4 is 0 Å². The Balaban J connectivity index is 2.26. The van der Waals surface area contributed by atoms with E-state index < -0.39 is 0 Å². The zero-order valence-electron chi connectivity index (χ0n) is 10.2. The van der Waals surface area contributed by atoms with Gasteiger partial charge in [-0.3, -0.25) is 0 Å². The number of hydrogen-bond donors (Lipinski definition) is 1. The summed E-state index contributed by atoms with van der Waals surface area (Å²) in [5.74, 6) is 1.74. The summed E-state index contributed by atoms with van der Waals surface area (Å²) in [6, 6.07) is 7.43. The van der Waals surface area contributed by atoms with Crippen molar-refractivity contribution in [2.24, 2.45) is 11.8 Å². The molecule has 1 aliphatic rings. The Morgan fingerprint density at radius 1 is 1.20 bits per heavy atom. The molecule has 1 aromatic rings. The van der Waals surface area contributed by atoms with E-state index >= 15 is 0 Å². The first-order valence-corrected chi connectivity index (χ1v) is 5.87. The third kappa shape index (κ3) is 2.23. The van der Waals surface area contributed by atoms with Gasteiger partial charge in [0.05, 0.1) is 0 Å². The number of hydrogen-bond acceptors (Lipinski definition) is 1. The third-order valence-corrected chi connectivity index (χ3v) is 3.51. The molecule has 1 heteroatoms. The molecule has 82 valence electrons. The molecule has 3 atom stereocenters. The molecular weight excluding hydrogens is 182 g/mol. The number of rotatable bonds is 3. The molecule has 0 saturated heterocycles. The molecule has 0 radical (unpaired) electrons. The lowest BCUT2D eigenvalue weighted by Gasteiger charge is -2.17. The maximum atomic E-state index is 3.47. The third-order valence-electron chi connectivity index (χ3n) is 3.51. The summed E-state index contributed by atoms with van der Waals surface area (Å²) in [5, 5.41) is 3.47. The highest BCUT2D eigenvalue weighted by Crippen LogP contribution is 2.46. The first kappa shape index (κ1) is 10.7. The highest BCUT2D eigenvalue weighted by Gasteiger charge is 2.39. The normalized spacial score (nSPS) is 26.4. The van der Waals surface area contributed by atoms with Crippen molar-refractivity contribution in [3.05, 3.63) is 34.9 Å². The van der Waals surface area contributed by atoms with Gasteiger partial charge in [0, 0.05) is 6.04 Å². The van der Waals surface area contributed by atoms with E-state index in [1.165, 1.54) is 23.1 Å². The summed E-state index contributed by atoms with van der Waals surface area (Å²) in [5.41, 5.74) is 4.21. The summed E-state index contributed by atoms with van der Waals surface area (Å²) in [7, 11) is 2.08. The van der Waals surface area contributed by atoms with E-state index in [1.54, 1.807) is 0 Å². The lowest BCUT2D eigenvalue weighted by molar-refractivity contribution is 0.503. The van der Waals surface area contributed by atoms with Gasteiger partial charge in [0.2, 0.25) is 0 Å². The molecule has 1 N–H and O–H groups in total. The van der Waals surface area contributed by atoms with E-state index in [-0.39, 0.29) is 0 Å². The van der Waals surface area contributed by atoms with Crippen molar-refractivity contribution in [1.82, 2.24) is 5.32 Å². The van der Waals surface area contributed by atoms with Crippen LogP contribution < -0.4 is 5.32 Å². The van der Waals surface area contributed by atoms with E-state index in [2.05, 4.69) is 51.3 Å². The Hall–Kier alpha value is -0.820. The molecule has 2 rings (SSSR count). The Kier molecular flexibility index (Phi) is 2.83. The van der Waals surface area contributed by atoms with E-state index in [0.29, 0.717) is 6.04 Å². The predicted octanol–water partition coefficient (Wildman–Crippen LogP) is 3.22. The van der Waals surface area contributed by atoms with Crippen LogP contribution in [0.2, 0.25) is 0 Å². The lowest BCUT2D eigenvalue weighted by Crippen LogP contribution is -2.19. The molecule has 3 unspecified atom stereocenters. The number of aryl methyl sites for hydroxylation is 2. The average molecular weight is 203 g/mol.